The van der Waals surface area contributed by atoms with Crippen LogP contribution in [0.1, 0.15) is 32.6 Å². The summed E-state index contributed by atoms with van der Waals surface area (Å²) < 4.78 is 0. The molecule has 0 unspecified atom stereocenters. The lowest BCUT2D eigenvalue weighted by molar-refractivity contribution is -0.114. The molecular weight excluding hydrogens is 600 g/mol. The summed E-state index contributed by atoms with van der Waals surface area (Å²) in [5, 5.41) is 3.82. The summed E-state index contributed by atoms with van der Waals surface area (Å²) in [6.07, 6.45) is 1.92. The maximum Gasteiger partial charge on any atom is 0.265 e. The van der Waals surface area contributed by atoms with Crippen LogP contribution in [0, 0.1) is 13.8 Å². The standard InChI is InChI=1S/C37H37ClN4O2S/c1-26-10-11-27(2)30(22-26)25-42-33-8-3-4-9-34(33)45-35(37(42)44)23-28-12-14-29(15-13-28)36(43)39-16-17-40-18-20-41(21-19-40)32-7-5-6-31(38)24-32/h3-15,22-24H,16-21,25H2,1-2H3,(H,39,43)/b35-23-. The number of para-hydroxylation sites is 1. The molecule has 6 nitrogen and oxygen atoms in total. The third-order valence-corrected chi connectivity index (χ3v) is 9.71. The van der Waals surface area contributed by atoms with Crippen LogP contribution in [0.4, 0.5) is 11.4 Å². The molecule has 0 atom stereocenters. The molecule has 1 N–H and O–H groups in total. The number of carbonyl (C=O) groups excluding carboxylic acids is 2. The van der Waals surface area contributed by atoms with Gasteiger partial charge in [-0.2, -0.15) is 0 Å². The molecule has 0 aromatic heterocycles. The van der Waals surface area contributed by atoms with E-state index in [1.54, 1.807) is 0 Å². The molecule has 0 spiro atoms. The number of rotatable bonds is 8. The predicted molar refractivity (Wildman–Crippen MR) is 186 cm³/mol. The highest BCUT2D eigenvalue weighted by molar-refractivity contribution is 8.04. The van der Waals surface area contributed by atoms with Crippen LogP contribution in [0.2, 0.25) is 5.02 Å². The Hall–Kier alpha value is -4.04. The minimum Gasteiger partial charge on any atom is -0.369 e. The van der Waals surface area contributed by atoms with E-state index >= 15 is 0 Å². The number of hydrogen-bond donors (Lipinski definition) is 1. The third-order valence-electron chi connectivity index (χ3n) is 8.39. The van der Waals surface area contributed by atoms with Gasteiger partial charge < -0.3 is 15.1 Å². The first-order chi connectivity index (χ1) is 21.8. The molecule has 1 saturated heterocycles. The second-order valence-electron chi connectivity index (χ2n) is 11.6. The summed E-state index contributed by atoms with van der Waals surface area (Å²) in [5.41, 5.74) is 7.05. The molecule has 2 heterocycles. The van der Waals surface area contributed by atoms with E-state index in [-0.39, 0.29) is 11.8 Å². The number of nitrogens with one attached hydrogen (secondary N) is 1. The fraction of sp³-hybridized carbons (Fsp3) is 0.243. The molecule has 0 aliphatic carbocycles. The van der Waals surface area contributed by atoms with E-state index in [1.807, 2.05) is 71.6 Å². The van der Waals surface area contributed by atoms with Gasteiger partial charge in [0, 0.05) is 60.4 Å². The second kappa shape index (κ2) is 13.9. The molecular formula is C37H37ClN4O2S. The number of fused-ring (bicyclic) bond motifs is 1. The Morgan fingerprint density at radius 3 is 2.47 bits per heavy atom. The van der Waals surface area contributed by atoms with E-state index in [0.29, 0.717) is 23.6 Å². The largest absolute Gasteiger partial charge is 0.369 e. The first kappa shape index (κ1) is 31.0. The number of anilines is 2. The highest BCUT2D eigenvalue weighted by Crippen LogP contribution is 2.42. The topological polar surface area (TPSA) is 55.9 Å². The number of halogens is 1. The summed E-state index contributed by atoms with van der Waals surface area (Å²) in [6, 6.07) is 29.8. The molecule has 8 heteroatoms. The molecule has 0 bridgehead atoms. The van der Waals surface area contributed by atoms with E-state index in [4.69, 9.17) is 11.6 Å². The highest BCUT2D eigenvalue weighted by Gasteiger charge is 2.29. The van der Waals surface area contributed by atoms with Gasteiger partial charge in [0.25, 0.3) is 11.8 Å². The van der Waals surface area contributed by atoms with E-state index in [1.165, 1.54) is 22.9 Å². The Kier molecular flexibility index (Phi) is 9.59. The fourth-order valence-electron chi connectivity index (χ4n) is 5.77. The average molecular weight is 637 g/mol. The maximum atomic E-state index is 13.8. The summed E-state index contributed by atoms with van der Waals surface area (Å²) in [4.78, 5) is 35.0. The van der Waals surface area contributed by atoms with E-state index in [2.05, 4.69) is 59.3 Å². The van der Waals surface area contributed by atoms with Gasteiger partial charge in [-0.15, -0.1) is 0 Å². The van der Waals surface area contributed by atoms with Gasteiger partial charge in [0.2, 0.25) is 0 Å². The number of aryl methyl sites for hydroxylation is 2. The van der Waals surface area contributed by atoms with Crippen LogP contribution in [0.5, 0.6) is 0 Å². The van der Waals surface area contributed by atoms with Crippen molar-refractivity contribution >= 4 is 52.6 Å². The van der Waals surface area contributed by atoms with Gasteiger partial charge in [-0.25, -0.2) is 0 Å². The van der Waals surface area contributed by atoms with Gasteiger partial charge in [0.05, 0.1) is 17.1 Å². The van der Waals surface area contributed by atoms with Crippen molar-refractivity contribution in [3.8, 4) is 0 Å². The zero-order chi connectivity index (χ0) is 31.3. The lowest BCUT2D eigenvalue weighted by Crippen LogP contribution is -2.48. The molecule has 45 heavy (non-hydrogen) atoms. The number of amides is 2. The SMILES string of the molecule is Cc1ccc(C)c(CN2C(=O)/C(=C/c3ccc(C(=O)NCCN4CCN(c5cccc(Cl)c5)CC4)cc3)Sc3ccccc32)c1. The van der Waals surface area contributed by atoms with Crippen LogP contribution in [0.15, 0.2) is 101 Å². The number of piperazine rings is 1. The molecule has 0 saturated carbocycles. The number of carbonyl (C=O) groups is 2. The first-order valence-electron chi connectivity index (χ1n) is 15.3. The molecule has 6 rings (SSSR count). The van der Waals surface area contributed by atoms with Crippen molar-refractivity contribution in [3.63, 3.8) is 0 Å². The molecule has 2 aliphatic rings. The number of hydrogen-bond acceptors (Lipinski definition) is 5. The van der Waals surface area contributed by atoms with Crippen molar-refractivity contribution in [1.29, 1.82) is 0 Å². The molecule has 4 aromatic carbocycles. The van der Waals surface area contributed by atoms with Gasteiger partial charge in [-0.05, 0) is 79.1 Å². The van der Waals surface area contributed by atoms with E-state index in [0.717, 1.165) is 65.1 Å². The second-order valence-corrected chi connectivity index (χ2v) is 13.1. The summed E-state index contributed by atoms with van der Waals surface area (Å²) in [7, 11) is 0. The van der Waals surface area contributed by atoms with Crippen molar-refractivity contribution in [2.75, 3.05) is 49.1 Å². The van der Waals surface area contributed by atoms with Crippen LogP contribution < -0.4 is 15.1 Å². The molecule has 230 valence electrons. The van der Waals surface area contributed by atoms with Crippen LogP contribution in [0.25, 0.3) is 6.08 Å². The Balaban J connectivity index is 1.05. The predicted octanol–water partition coefficient (Wildman–Crippen LogP) is 7.19. The molecule has 4 aromatic rings. The zero-order valence-corrected chi connectivity index (χ0v) is 27.2. The summed E-state index contributed by atoms with van der Waals surface area (Å²) in [5.74, 6) is -0.113. The summed E-state index contributed by atoms with van der Waals surface area (Å²) >= 11 is 7.65. The Morgan fingerprint density at radius 2 is 1.69 bits per heavy atom. The normalized spacial score (nSPS) is 16.2. The van der Waals surface area contributed by atoms with Crippen molar-refractivity contribution in [2.45, 2.75) is 25.3 Å². The monoisotopic (exact) mass is 636 g/mol. The maximum absolute atomic E-state index is 13.8. The zero-order valence-electron chi connectivity index (χ0n) is 25.6. The quantitative estimate of drug-likeness (QED) is 0.208. The van der Waals surface area contributed by atoms with Gasteiger partial charge in [0.15, 0.2) is 0 Å². The highest BCUT2D eigenvalue weighted by atomic mass is 35.5. The van der Waals surface area contributed by atoms with Crippen LogP contribution in [-0.2, 0) is 11.3 Å². The van der Waals surface area contributed by atoms with Gasteiger partial charge >= 0.3 is 0 Å². The lowest BCUT2D eigenvalue weighted by Gasteiger charge is -2.36. The first-order valence-corrected chi connectivity index (χ1v) is 16.5. The van der Waals surface area contributed by atoms with Crippen LogP contribution >= 0.6 is 23.4 Å². The van der Waals surface area contributed by atoms with Crippen molar-refractivity contribution in [2.24, 2.45) is 0 Å². The van der Waals surface area contributed by atoms with Crippen molar-refractivity contribution in [3.05, 3.63) is 129 Å². The third kappa shape index (κ3) is 7.44. The Bertz CT molecular complexity index is 1730. The Morgan fingerprint density at radius 1 is 0.911 bits per heavy atom. The summed E-state index contributed by atoms with van der Waals surface area (Å²) in [6.45, 7) is 9.80. The van der Waals surface area contributed by atoms with Gasteiger partial charge in [-0.1, -0.05) is 77.5 Å². The van der Waals surface area contributed by atoms with Crippen molar-refractivity contribution in [1.82, 2.24) is 10.2 Å². The van der Waals surface area contributed by atoms with Crippen molar-refractivity contribution < 1.29 is 9.59 Å². The average Bonchev–Trinajstić information content (AvgIpc) is 3.05. The molecule has 0 radical (unpaired) electrons. The van der Waals surface area contributed by atoms with Gasteiger partial charge in [0.1, 0.15) is 0 Å². The minimum atomic E-state index is -0.0940. The smallest absolute Gasteiger partial charge is 0.265 e. The molecule has 2 amide bonds. The number of benzene rings is 4. The lowest BCUT2D eigenvalue weighted by atomic mass is 10.0. The minimum absolute atomic E-state index is 0.0187. The Labute approximate surface area is 274 Å². The number of nitrogens with zero attached hydrogens (tertiary/aromatic N) is 3. The fourth-order valence-corrected chi connectivity index (χ4v) is 7.02. The molecule has 1 fully saturated rings. The van der Waals surface area contributed by atoms with E-state index < -0.39 is 0 Å². The van der Waals surface area contributed by atoms with Gasteiger partial charge in [-0.3, -0.25) is 14.5 Å². The van der Waals surface area contributed by atoms with Crippen LogP contribution in [0.3, 0.4) is 0 Å². The van der Waals surface area contributed by atoms with Crippen LogP contribution in [-0.4, -0.2) is 56.0 Å². The molecule has 2 aliphatic heterocycles. The number of thioether (sulfide) groups is 1. The van der Waals surface area contributed by atoms with E-state index in [9.17, 15) is 9.59 Å².